The zero-order chi connectivity index (χ0) is 14.5. The number of rotatable bonds is 5. The van der Waals surface area contributed by atoms with Crippen molar-refractivity contribution in [1.82, 2.24) is 9.88 Å². The van der Waals surface area contributed by atoms with Crippen LogP contribution in [0, 0.1) is 5.82 Å². The van der Waals surface area contributed by atoms with Crippen molar-refractivity contribution < 1.29 is 14.3 Å². The molecule has 0 radical (unpaired) electrons. The summed E-state index contributed by atoms with van der Waals surface area (Å²) in [5.74, 6) is -0.787. The van der Waals surface area contributed by atoms with E-state index in [1.165, 1.54) is 18.2 Å². The smallest absolute Gasteiger partial charge is 0.251 e. The number of hydrogen-bond acceptors (Lipinski definition) is 2. The van der Waals surface area contributed by atoms with E-state index in [1.54, 1.807) is 6.07 Å². The number of aliphatic hydroxyl groups is 1. The minimum Gasteiger partial charge on any atom is -0.387 e. The number of nitrogens with zero attached hydrogens (tertiary/aromatic N) is 1. The van der Waals surface area contributed by atoms with E-state index in [1.807, 2.05) is 29.9 Å². The molecule has 0 aliphatic rings. The molecule has 0 spiro atoms. The normalized spacial score (nSPS) is 12.2. The van der Waals surface area contributed by atoms with Crippen LogP contribution >= 0.6 is 0 Å². The lowest BCUT2D eigenvalue weighted by molar-refractivity contribution is 0.0941. The Balaban J connectivity index is 1.84. The average Bonchev–Trinajstić information content (AvgIpc) is 2.85. The Hall–Kier alpha value is -2.14. The van der Waals surface area contributed by atoms with Gasteiger partial charge < -0.3 is 15.0 Å². The molecule has 0 bridgehead atoms. The van der Waals surface area contributed by atoms with E-state index in [-0.39, 0.29) is 11.5 Å². The van der Waals surface area contributed by atoms with Crippen molar-refractivity contribution in [2.75, 3.05) is 6.54 Å². The number of benzene rings is 1. The molecule has 5 heteroatoms. The van der Waals surface area contributed by atoms with Gasteiger partial charge in [0, 0.05) is 31.0 Å². The predicted molar refractivity (Wildman–Crippen MR) is 73.7 cm³/mol. The molecule has 1 unspecified atom stereocenters. The molecule has 0 fully saturated rings. The zero-order valence-electron chi connectivity index (χ0n) is 11.2. The van der Waals surface area contributed by atoms with Gasteiger partial charge in [0.15, 0.2) is 0 Å². The second kappa shape index (κ2) is 6.34. The Kier molecular flexibility index (Phi) is 4.53. The van der Waals surface area contributed by atoms with E-state index in [0.717, 1.165) is 5.69 Å². The van der Waals surface area contributed by atoms with Crippen LogP contribution in [0.3, 0.4) is 0 Å². The van der Waals surface area contributed by atoms with E-state index < -0.39 is 11.9 Å². The van der Waals surface area contributed by atoms with Crippen LogP contribution < -0.4 is 5.32 Å². The Morgan fingerprint density at radius 3 is 2.85 bits per heavy atom. The van der Waals surface area contributed by atoms with Gasteiger partial charge in [-0.1, -0.05) is 6.07 Å². The minimum atomic E-state index is -0.636. The van der Waals surface area contributed by atoms with E-state index in [0.29, 0.717) is 13.0 Å². The third kappa shape index (κ3) is 3.45. The number of aromatic nitrogens is 1. The largest absolute Gasteiger partial charge is 0.387 e. The van der Waals surface area contributed by atoms with Crippen LogP contribution in [0.5, 0.6) is 0 Å². The molecule has 1 aromatic carbocycles. The molecule has 0 saturated carbocycles. The van der Waals surface area contributed by atoms with Crippen LogP contribution in [0.2, 0.25) is 0 Å². The second-order valence-electron chi connectivity index (χ2n) is 4.61. The number of amides is 1. The maximum Gasteiger partial charge on any atom is 0.251 e. The van der Waals surface area contributed by atoms with Crippen LogP contribution in [0.25, 0.3) is 0 Å². The molecule has 1 amide bonds. The molecule has 1 heterocycles. The van der Waals surface area contributed by atoms with Crippen LogP contribution in [0.1, 0.15) is 28.6 Å². The summed E-state index contributed by atoms with van der Waals surface area (Å²) in [6, 6.07) is 9.19. The number of carbonyl (C=O) groups excluding carboxylic acids is 1. The van der Waals surface area contributed by atoms with Gasteiger partial charge in [-0.3, -0.25) is 4.79 Å². The van der Waals surface area contributed by atoms with Gasteiger partial charge in [0.25, 0.3) is 5.91 Å². The fraction of sp³-hybridized carbons (Fsp3) is 0.267. The minimum absolute atomic E-state index is 0.276. The van der Waals surface area contributed by atoms with Gasteiger partial charge in [0.1, 0.15) is 5.82 Å². The molecule has 0 aliphatic carbocycles. The van der Waals surface area contributed by atoms with E-state index in [4.69, 9.17) is 0 Å². The molecule has 2 rings (SSSR count). The highest BCUT2D eigenvalue weighted by molar-refractivity contribution is 5.94. The zero-order valence-corrected chi connectivity index (χ0v) is 11.2. The summed E-state index contributed by atoms with van der Waals surface area (Å²) in [6.45, 7) is 0.321. The van der Waals surface area contributed by atoms with Crippen molar-refractivity contribution in [2.24, 2.45) is 7.05 Å². The average molecular weight is 276 g/mol. The number of nitrogens with one attached hydrogen (secondary N) is 1. The van der Waals surface area contributed by atoms with Gasteiger partial charge in [-0.05, 0) is 36.8 Å². The standard InChI is InChI=1S/C15H17FN2O2/c1-18-9-3-6-13(18)14(19)7-8-17-15(20)11-4-2-5-12(16)10-11/h2-6,9-10,14,19H,7-8H2,1H3,(H,17,20). The third-order valence-corrected chi connectivity index (χ3v) is 3.12. The molecule has 20 heavy (non-hydrogen) atoms. The molecule has 2 N–H and O–H groups in total. The van der Waals surface area contributed by atoms with Crippen LogP contribution in [0.4, 0.5) is 4.39 Å². The van der Waals surface area contributed by atoms with Gasteiger partial charge in [-0.2, -0.15) is 0 Å². The summed E-state index contributed by atoms with van der Waals surface area (Å²) in [4.78, 5) is 11.8. The third-order valence-electron chi connectivity index (χ3n) is 3.12. The summed E-state index contributed by atoms with van der Waals surface area (Å²) in [7, 11) is 1.85. The van der Waals surface area contributed by atoms with E-state index >= 15 is 0 Å². The van der Waals surface area contributed by atoms with Crippen LogP contribution in [0.15, 0.2) is 42.6 Å². The van der Waals surface area contributed by atoms with Gasteiger partial charge >= 0.3 is 0 Å². The highest BCUT2D eigenvalue weighted by Gasteiger charge is 2.11. The molecule has 1 aromatic heterocycles. The predicted octanol–water partition coefficient (Wildman–Crippen LogP) is 2.02. The lowest BCUT2D eigenvalue weighted by atomic mass is 10.1. The molecule has 2 aromatic rings. The van der Waals surface area contributed by atoms with Crippen molar-refractivity contribution in [2.45, 2.75) is 12.5 Å². The van der Waals surface area contributed by atoms with Gasteiger partial charge in [-0.25, -0.2) is 4.39 Å². The van der Waals surface area contributed by atoms with Crippen molar-refractivity contribution in [3.05, 3.63) is 59.7 Å². The first-order valence-corrected chi connectivity index (χ1v) is 6.41. The molecule has 0 saturated heterocycles. The van der Waals surface area contributed by atoms with Gasteiger partial charge in [-0.15, -0.1) is 0 Å². The first kappa shape index (κ1) is 14.3. The number of hydrogen-bond donors (Lipinski definition) is 2. The van der Waals surface area contributed by atoms with Crippen molar-refractivity contribution in [3.8, 4) is 0 Å². The molecule has 1 atom stereocenters. The molecule has 0 aliphatic heterocycles. The second-order valence-corrected chi connectivity index (χ2v) is 4.61. The summed E-state index contributed by atoms with van der Waals surface area (Å²) in [5.41, 5.74) is 1.07. The quantitative estimate of drug-likeness (QED) is 0.878. The Morgan fingerprint density at radius 1 is 1.40 bits per heavy atom. The summed E-state index contributed by atoms with van der Waals surface area (Å²) < 4.78 is 14.8. The van der Waals surface area contributed by atoms with Crippen molar-refractivity contribution >= 4 is 5.91 Å². The van der Waals surface area contributed by atoms with Crippen molar-refractivity contribution in [1.29, 1.82) is 0 Å². The first-order valence-electron chi connectivity index (χ1n) is 6.41. The number of halogens is 1. The molecule has 4 nitrogen and oxygen atoms in total. The number of aliphatic hydroxyl groups excluding tert-OH is 1. The fourth-order valence-corrected chi connectivity index (χ4v) is 2.02. The van der Waals surface area contributed by atoms with Crippen LogP contribution in [-0.2, 0) is 7.05 Å². The highest BCUT2D eigenvalue weighted by Crippen LogP contribution is 2.15. The maximum absolute atomic E-state index is 13.0. The van der Waals surface area contributed by atoms with E-state index in [2.05, 4.69) is 5.32 Å². The number of carbonyl (C=O) groups is 1. The lowest BCUT2D eigenvalue weighted by Crippen LogP contribution is -2.26. The van der Waals surface area contributed by atoms with Crippen LogP contribution in [-0.4, -0.2) is 22.1 Å². The summed E-state index contributed by atoms with van der Waals surface area (Å²) in [6.07, 6.45) is 1.62. The van der Waals surface area contributed by atoms with Crippen molar-refractivity contribution in [3.63, 3.8) is 0 Å². The highest BCUT2D eigenvalue weighted by atomic mass is 19.1. The fourth-order valence-electron chi connectivity index (χ4n) is 2.02. The molecular formula is C15H17FN2O2. The first-order chi connectivity index (χ1) is 9.58. The molecular weight excluding hydrogens is 259 g/mol. The van der Waals surface area contributed by atoms with Gasteiger partial charge in [0.2, 0.25) is 0 Å². The van der Waals surface area contributed by atoms with Gasteiger partial charge in [0.05, 0.1) is 6.10 Å². The SMILES string of the molecule is Cn1cccc1C(O)CCNC(=O)c1cccc(F)c1. The maximum atomic E-state index is 13.0. The van der Waals surface area contributed by atoms with E-state index in [9.17, 15) is 14.3 Å². The summed E-state index contributed by atoms with van der Waals surface area (Å²) >= 11 is 0. The lowest BCUT2D eigenvalue weighted by Gasteiger charge is -2.12. The Bertz CT molecular complexity index is 595. The Morgan fingerprint density at radius 2 is 2.20 bits per heavy atom. The number of aryl methyl sites for hydroxylation is 1. The monoisotopic (exact) mass is 276 g/mol. The molecule has 106 valence electrons. The topological polar surface area (TPSA) is 54.3 Å². The summed E-state index contributed by atoms with van der Waals surface area (Å²) in [5, 5.41) is 12.6. The Labute approximate surface area is 116 Å².